The third-order valence-corrected chi connectivity index (χ3v) is 3.43. The smallest absolute Gasteiger partial charge is 0.251 e. The van der Waals surface area contributed by atoms with Gasteiger partial charge < -0.3 is 10.4 Å². The van der Waals surface area contributed by atoms with Crippen molar-refractivity contribution in [3.63, 3.8) is 0 Å². The number of aliphatic hydroxyl groups is 1. The number of amides is 1. The van der Waals surface area contributed by atoms with Crippen molar-refractivity contribution in [2.24, 2.45) is 0 Å². The first-order chi connectivity index (χ1) is 9.08. The van der Waals surface area contributed by atoms with Crippen molar-refractivity contribution in [3.05, 3.63) is 34.9 Å². The summed E-state index contributed by atoms with van der Waals surface area (Å²) in [6, 6.07) is 5.56. The Morgan fingerprint density at radius 2 is 2.26 bits per heavy atom. The highest BCUT2D eigenvalue weighted by Crippen LogP contribution is 2.10. The zero-order chi connectivity index (χ0) is 14.3. The van der Waals surface area contributed by atoms with Crippen LogP contribution < -0.4 is 5.32 Å². The van der Waals surface area contributed by atoms with Crippen molar-refractivity contribution in [2.75, 3.05) is 18.6 Å². The summed E-state index contributed by atoms with van der Waals surface area (Å²) >= 11 is 1.70. The number of carbonyl (C=O) groups excluding carboxylic acids is 1. The molecule has 4 heteroatoms. The van der Waals surface area contributed by atoms with Gasteiger partial charge in [-0.15, -0.1) is 0 Å². The van der Waals surface area contributed by atoms with Gasteiger partial charge in [-0.25, -0.2) is 0 Å². The summed E-state index contributed by atoms with van der Waals surface area (Å²) in [5, 5.41) is 11.7. The Kier molecular flexibility index (Phi) is 6.48. The number of aryl methyl sites for hydroxylation is 1. The quantitative estimate of drug-likeness (QED) is 0.825. The molecule has 3 nitrogen and oxygen atoms in total. The second-order valence-corrected chi connectivity index (χ2v) is 5.23. The number of thioether (sulfide) groups is 1. The lowest BCUT2D eigenvalue weighted by Gasteiger charge is -2.13. The maximum absolute atomic E-state index is 12.0. The first-order valence-electron chi connectivity index (χ1n) is 6.08. The molecule has 1 aromatic carbocycles. The molecule has 0 heterocycles. The number of hydrogen-bond acceptors (Lipinski definition) is 3. The van der Waals surface area contributed by atoms with Crippen LogP contribution in [0.2, 0.25) is 0 Å². The number of hydrogen-bond donors (Lipinski definition) is 2. The molecule has 0 aliphatic carbocycles. The molecule has 0 spiro atoms. The summed E-state index contributed by atoms with van der Waals surface area (Å²) in [5.41, 5.74) is 2.37. The molecule has 0 radical (unpaired) electrons. The van der Waals surface area contributed by atoms with E-state index < -0.39 is 0 Å². The average molecular weight is 277 g/mol. The highest BCUT2D eigenvalue weighted by atomic mass is 32.2. The van der Waals surface area contributed by atoms with E-state index in [9.17, 15) is 4.79 Å². The third kappa shape index (κ3) is 4.98. The van der Waals surface area contributed by atoms with Crippen LogP contribution in [0.15, 0.2) is 18.2 Å². The van der Waals surface area contributed by atoms with Gasteiger partial charge in [-0.2, -0.15) is 11.8 Å². The van der Waals surface area contributed by atoms with Crippen LogP contribution in [0, 0.1) is 18.8 Å². The van der Waals surface area contributed by atoms with E-state index in [1.807, 2.05) is 26.2 Å². The van der Waals surface area contributed by atoms with Crippen LogP contribution in [0.4, 0.5) is 0 Å². The molecule has 2 N–H and O–H groups in total. The Morgan fingerprint density at radius 1 is 1.53 bits per heavy atom. The third-order valence-electron chi connectivity index (χ3n) is 2.60. The predicted octanol–water partition coefficient (Wildman–Crippen LogP) is 1.82. The van der Waals surface area contributed by atoms with Crippen LogP contribution in [0.1, 0.15) is 28.4 Å². The molecule has 0 aromatic heterocycles. The van der Waals surface area contributed by atoms with E-state index >= 15 is 0 Å². The second-order valence-electron chi connectivity index (χ2n) is 4.32. The fraction of sp³-hybridized carbons (Fsp3) is 0.400. The fourth-order valence-corrected chi connectivity index (χ4v) is 2.21. The minimum atomic E-state index is -0.180. The molecule has 1 rings (SSSR count). The first kappa shape index (κ1) is 15.6. The van der Waals surface area contributed by atoms with Gasteiger partial charge in [0.15, 0.2) is 0 Å². The molecule has 1 amide bonds. The molecule has 0 aliphatic rings. The number of rotatable bonds is 4. The van der Waals surface area contributed by atoms with Gasteiger partial charge in [0.05, 0.1) is 0 Å². The van der Waals surface area contributed by atoms with E-state index in [0.717, 1.165) is 16.9 Å². The Balaban J connectivity index is 2.86. The van der Waals surface area contributed by atoms with E-state index in [-0.39, 0.29) is 18.6 Å². The topological polar surface area (TPSA) is 49.3 Å². The summed E-state index contributed by atoms with van der Waals surface area (Å²) in [5.74, 6) is 6.25. The summed E-state index contributed by atoms with van der Waals surface area (Å²) in [6.45, 7) is 3.73. The van der Waals surface area contributed by atoms with Gasteiger partial charge in [0.2, 0.25) is 0 Å². The van der Waals surface area contributed by atoms with Crippen LogP contribution in [0.25, 0.3) is 0 Å². The summed E-state index contributed by atoms with van der Waals surface area (Å²) in [6.07, 6.45) is 2.01. The Hall–Kier alpha value is -1.44. The van der Waals surface area contributed by atoms with Gasteiger partial charge in [0, 0.05) is 22.9 Å². The molecule has 0 aliphatic heterocycles. The number of benzene rings is 1. The molecule has 1 unspecified atom stereocenters. The van der Waals surface area contributed by atoms with Crippen LogP contribution in [0.3, 0.4) is 0 Å². The Morgan fingerprint density at radius 3 is 2.89 bits per heavy atom. The van der Waals surface area contributed by atoms with Gasteiger partial charge in [-0.1, -0.05) is 17.9 Å². The van der Waals surface area contributed by atoms with Crippen molar-refractivity contribution < 1.29 is 9.90 Å². The summed E-state index contributed by atoms with van der Waals surface area (Å²) < 4.78 is 0. The standard InChI is InChI=1S/C15H19NO2S/c1-11-6-7-14(9-13(11)5-4-8-17)15(18)16-12(2)10-19-3/h6-7,9,12,17H,8,10H2,1-3H3,(H,16,18). The number of aliphatic hydroxyl groups excluding tert-OH is 1. The largest absolute Gasteiger partial charge is 0.384 e. The van der Waals surface area contributed by atoms with E-state index in [1.165, 1.54) is 0 Å². The van der Waals surface area contributed by atoms with Crippen LogP contribution >= 0.6 is 11.8 Å². The van der Waals surface area contributed by atoms with Gasteiger partial charge in [0.25, 0.3) is 5.91 Å². The SMILES string of the molecule is CSCC(C)NC(=O)c1ccc(C)c(C#CCO)c1. The molecule has 0 saturated heterocycles. The predicted molar refractivity (Wildman–Crippen MR) is 80.5 cm³/mol. The zero-order valence-electron chi connectivity index (χ0n) is 11.5. The molecule has 0 fully saturated rings. The van der Waals surface area contributed by atoms with Gasteiger partial charge >= 0.3 is 0 Å². The minimum Gasteiger partial charge on any atom is -0.384 e. The molecular formula is C15H19NO2S. The minimum absolute atomic E-state index is 0.0893. The zero-order valence-corrected chi connectivity index (χ0v) is 12.3. The van der Waals surface area contributed by atoms with Gasteiger partial charge in [0.1, 0.15) is 6.61 Å². The van der Waals surface area contributed by atoms with Gasteiger partial charge in [-0.05, 0) is 37.8 Å². The molecule has 1 aromatic rings. The highest BCUT2D eigenvalue weighted by Gasteiger charge is 2.10. The van der Waals surface area contributed by atoms with Crippen LogP contribution in [0.5, 0.6) is 0 Å². The Bertz CT molecular complexity index is 503. The molecule has 0 bridgehead atoms. The lowest BCUT2D eigenvalue weighted by atomic mass is 10.0. The highest BCUT2D eigenvalue weighted by molar-refractivity contribution is 7.98. The van der Waals surface area contributed by atoms with Crippen molar-refractivity contribution in [2.45, 2.75) is 19.9 Å². The number of carbonyl (C=O) groups is 1. The molecule has 1 atom stereocenters. The van der Waals surface area contributed by atoms with E-state index in [1.54, 1.807) is 23.9 Å². The molecule has 102 valence electrons. The summed E-state index contributed by atoms with van der Waals surface area (Å²) in [7, 11) is 0. The van der Waals surface area contributed by atoms with E-state index in [2.05, 4.69) is 17.2 Å². The van der Waals surface area contributed by atoms with E-state index in [0.29, 0.717) is 5.56 Å². The fourth-order valence-electron chi connectivity index (χ4n) is 1.63. The molecular weight excluding hydrogens is 258 g/mol. The van der Waals surface area contributed by atoms with Crippen molar-refractivity contribution in [1.29, 1.82) is 0 Å². The van der Waals surface area contributed by atoms with Crippen molar-refractivity contribution >= 4 is 17.7 Å². The summed E-state index contributed by atoms with van der Waals surface area (Å²) in [4.78, 5) is 12.0. The normalized spacial score (nSPS) is 11.4. The lowest BCUT2D eigenvalue weighted by Crippen LogP contribution is -2.34. The van der Waals surface area contributed by atoms with Crippen molar-refractivity contribution in [3.8, 4) is 11.8 Å². The monoisotopic (exact) mass is 277 g/mol. The van der Waals surface area contributed by atoms with Crippen LogP contribution in [-0.4, -0.2) is 35.7 Å². The lowest BCUT2D eigenvalue weighted by molar-refractivity contribution is 0.0943. The Labute approximate surface area is 118 Å². The second kappa shape index (κ2) is 7.88. The van der Waals surface area contributed by atoms with Crippen molar-refractivity contribution in [1.82, 2.24) is 5.32 Å². The maximum atomic E-state index is 12.0. The van der Waals surface area contributed by atoms with Crippen LogP contribution in [-0.2, 0) is 0 Å². The maximum Gasteiger partial charge on any atom is 0.251 e. The molecule has 19 heavy (non-hydrogen) atoms. The molecule has 0 saturated carbocycles. The van der Waals surface area contributed by atoms with E-state index in [4.69, 9.17) is 5.11 Å². The first-order valence-corrected chi connectivity index (χ1v) is 7.48. The average Bonchev–Trinajstić information content (AvgIpc) is 2.37. The number of nitrogens with one attached hydrogen (secondary N) is 1. The van der Waals surface area contributed by atoms with Gasteiger partial charge in [-0.3, -0.25) is 4.79 Å².